The average molecular weight is 382 g/mol. The van der Waals surface area contributed by atoms with Crippen LogP contribution in [0.5, 0.6) is 0 Å². The lowest BCUT2D eigenvalue weighted by Crippen LogP contribution is -2.42. The van der Waals surface area contributed by atoms with E-state index < -0.39 is 8.32 Å². The highest BCUT2D eigenvalue weighted by Crippen LogP contribution is 2.40. The highest BCUT2D eigenvalue weighted by Gasteiger charge is 2.39. The third-order valence-electron chi connectivity index (χ3n) is 4.53. The second-order valence-corrected chi connectivity index (χ2v) is 12.6. The summed E-state index contributed by atoms with van der Waals surface area (Å²) in [6.07, 6.45) is -0.0181. The normalized spacial score (nSPS) is 14.3. The van der Waals surface area contributed by atoms with Gasteiger partial charge in [0.1, 0.15) is 0 Å². The third kappa shape index (κ3) is 3.53. The first-order valence-corrected chi connectivity index (χ1v) is 11.5. The van der Waals surface area contributed by atoms with Crippen molar-refractivity contribution < 1.29 is 4.43 Å². The summed E-state index contributed by atoms with van der Waals surface area (Å²) in [5, 5.41) is 1.94. The molecule has 0 amide bonds. The monoisotopic (exact) mass is 381 g/mol. The average Bonchev–Trinajstić information content (AvgIpc) is 2.42. The third-order valence-corrected chi connectivity index (χ3v) is 9.60. The zero-order valence-electron chi connectivity index (χ0n) is 13.9. The van der Waals surface area contributed by atoms with Crippen molar-refractivity contribution in [3.05, 3.63) is 46.2 Å². The first-order valence-electron chi connectivity index (χ1n) is 7.51. The number of fused-ring (bicyclic) bond motifs is 1. The number of aromatic nitrogens is 1. The molecule has 0 bridgehead atoms. The topological polar surface area (TPSA) is 42.1 Å². The van der Waals surface area contributed by atoms with Gasteiger partial charge in [0.15, 0.2) is 8.32 Å². The molecule has 0 fully saturated rings. The highest BCUT2D eigenvalue weighted by molar-refractivity contribution is 9.09. The molecule has 3 nitrogen and oxygen atoms in total. The van der Waals surface area contributed by atoms with Crippen molar-refractivity contribution in [1.29, 1.82) is 0 Å². The van der Waals surface area contributed by atoms with Crippen LogP contribution in [-0.4, -0.2) is 18.6 Å². The van der Waals surface area contributed by atoms with Crippen molar-refractivity contribution in [1.82, 2.24) is 4.98 Å². The summed E-state index contributed by atoms with van der Waals surface area (Å²) < 4.78 is 6.58. The van der Waals surface area contributed by atoms with E-state index in [9.17, 15) is 4.79 Å². The van der Waals surface area contributed by atoms with Crippen molar-refractivity contribution in [2.24, 2.45) is 0 Å². The first-order chi connectivity index (χ1) is 10.2. The lowest BCUT2D eigenvalue weighted by molar-refractivity contribution is 0.210. The molecule has 0 aliphatic rings. The van der Waals surface area contributed by atoms with Crippen molar-refractivity contribution in [3.8, 4) is 0 Å². The second-order valence-electron chi connectivity index (χ2n) is 7.15. The maximum absolute atomic E-state index is 11.5. The van der Waals surface area contributed by atoms with Crippen LogP contribution < -0.4 is 5.56 Å². The molecule has 0 radical (unpaired) electrons. The molecule has 2 rings (SSSR count). The number of aromatic amines is 1. The van der Waals surface area contributed by atoms with E-state index in [1.54, 1.807) is 6.07 Å². The number of alkyl halides is 1. The van der Waals surface area contributed by atoms with Crippen LogP contribution in [0, 0.1) is 0 Å². The van der Waals surface area contributed by atoms with Crippen LogP contribution in [0.3, 0.4) is 0 Å². The number of pyridine rings is 1. The molecule has 0 saturated carbocycles. The predicted molar refractivity (Wildman–Crippen MR) is 99.4 cm³/mol. The molecule has 1 heterocycles. The molecule has 120 valence electrons. The zero-order valence-corrected chi connectivity index (χ0v) is 16.5. The fourth-order valence-corrected chi connectivity index (χ4v) is 4.20. The molecular weight excluding hydrogens is 358 g/mol. The Morgan fingerprint density at radius 1 is 1.23 bits per heavy atom. The molecule has 0 aliphatic carbocycles. The van der Waals surface area contributed by atoms with Gasteiger partial charge in [-0.1, -0.05) is 48.8 Å². The van der Waals surface area contributed by atoms with Crippen LogP contribution >= 0.6 is 15.9 Å². The summed E-state index contributed by atoms with van der Waals surface area (Å²) in [6.45, 7) is 11.2. The quantitative estimate of drug-likeness (QED) is 0.598. The molecule has 1 unspecified atom stereocenters. The van der Waals surface area contributed by atoms with E-state index in [4.69, 9.17) is 4.43 Å². The minimum absolute atomic E-state index is 0.0181. The molecule has 22 heavy (non-hydrogen) atoms. The standard InChI is InChI=1S/C17H24BrNO2Si/c1-17(2,3)22(4,5)21-15(11-18)13-7-6-8-14-12(13)9-10-16(20)19-14/h6-10,15H,11H2,1-5H3,(H,19,20). The van der Waals surface area contributed by atoms with Crippen LogP contribution in [0.2, 0.25) is 18.1 Å². The number of hydrogen-bond acceptors (Lipinski definition) is 2. The molecule has 2 aromatic rings. The number of H-pyrrole nitrogens is 1. The minimum Gasteiger partial charge on any atom is -0.409 e. The van der Waals surface area contributed by atoms with Gasteiger partial charge < -0.3 is 9.41 Å². The SMILES string of the molecule is CC(C)(C)[Si](C)(C)OC(CBr)c1cccc2[nH]c(=O)ccc12. The Kier molecular flexibility index (Phi) is 4.99. The van der Waals surface area contributed by atoms with E-state index in [1.807, 2.05) is 18.2 Å². The Hall–Kier alpha value is -0.913. The fraction of sp³-hybridized carbons (Fsp3) is 0.471. The fourth-order valence-electron chi connectivity index (χ4n) is 2.20. The Labute approximate surface area is 141 Å². The predicted octanol–water partition coefficient (Wildman–Crippen LogP) is 4.99. The number of hydrogen-bond donors (Lipinski definition) is 1. The van der Waals surface area contributed by atoms with Crippen LogP contribution in [0.4, 0.5) is 0 Å². The highest BCUT2D eigenvalue weighted by atomic mass is 79.9. The van der Waals surface area contributed by atoms with Gasteiger partial charge in [0.05, 0.1) is 6.10 Å². The van der Waals surface area contributed by atoms with Gasteiger partial charge in [-0.25, -0.2) is 0 Å². The van der Waals surface area contributed by atoms with Crippen molar-refractivity contribution in [2.45, 2.75) is 45.0 Å². The van der Waals surface area contributed by atoms with Gasteiger partial charge in [-0.15, -0.1) is 0 Å². The van der Waals surface area contributed by atoms with Crippen LogP contribution in [0.1, 0.15) is 32.4 Å². The summed E-state index contributed by atoms with van der Waals surface area (Å²) in [7, 11) is -1.87. The molecule has 1 N–H and O–H groups in total. The molecule has 0 spiro atoms. The van der Waals surface area contributed by atoms with Crippen LogP contribution in [0.15, 0.2) is 35.1 Å². The van der Waals surface area contributed by atoms with Crippen molar-refractivity contribution >= 4 is 35.2 Å². The van der Waals surface area contributed by atoms with Gasteiger partial charge in [-0.05, 0) is 35.8 Å². The molecular formula is C17H24BrNO2Si. The lowest BCUT2D eigenvalue weighted by Gasteiger charge is -2.39. The maximum Gasteiger partial charge on any atom is 0.248 e. The largest absolute Gasteiger partial charge is 0.409 e. The van der Waals surface area contributed by atoms with Gasteiger partial charge in [-0.2, -0.15) is 0 Å². The Morgan fingerprint density at radius 3 is 2.50 bits per heavy atom. The van der Waals surface area contributed by atoms with E-state index in [0.717, 1.165) is 21.8 Å². The molecule has 1 aromatic heterocycles. The summed E-state index contributed by atoms with van der Waals surface area (Å²) in [5.74, 6) is 0. The molecule has 1 aromatic carbocycles. The maximum atomic E-state index is 11.5. The molecule has 0 aliphatic heterocycles. The summed E-state index contributed by atoms with van der Waals surface area (Å²) in [4.78, 5) is 14.4. The second kappa shape index (κ2) is 6.30. The van der Waals surface area contributed by atoms with E-state index in [2.05, 4.69) is 60.8 Å². The van der Waals surface area contributed by atoms with E-state index >= 15 is 0 Å². The Balaban J connectivity index is 2.46. The molecule has 5 heteroatoms. The minimum atomic E-state index is -1.87. The van der Waals surface area contributed by atoms with E-state index in [1.165, 1.54) is 0 Å². The van der Waals surface area contributed by atoms with E-state index in [0.29, 0.717) is 0 Å². The van der Waals surface area contributed by atoms with Crippen LogP contribution in [0.25, 0.3) is 10.9 Å². The number of nitrogens with one attached hydrogen (secondary N) is 1. The first kappa shape index (κ1) is 17.4. The van der Waals surface area contributed by atoms with Crippen molar-refractivity contribution in [2.75, 3.05) is 5.33 Å². The molecule has 0 saturated heterocycles. The van der Waals surface area contributed by atoms with Gasteiger partial charge in [0, 0.05) is 22.3 Å². The summed E-state index contributed by atoms with van der Waals surface area (Å²) in [6, 6.07) is 9.44. The Morgan fingerprint density at radius 2 is 1.91 bits per heavy atom. The number of rotatable bonds is 4. The molecule has 1 atom stereocenters. The van der Waals surface area contributed by atoms with Gasteiger partial charge in [-0.3, -0.25) is 4.79 Å². The van der Waals surface area contributed by atoms with Gasteiger partial charge in [0.25, 0.3) is 0 Å². The summed E-state index contributed by atoms with van der Waals surface area (Å²) in [5.41, 5.74) is 1.90. The summed E-state index contributed by atoms with van der Waals surface area (Å²) >= 11 is 3.60. The van der Waals surface area contributed by atoms with Crippen LogP contribution in [-0.2, 0) is 4.43 Å². The number of benzene rings is 1. The zero-order chi connectivity index (χ0) is 16.5. The van der Waals surface area contributed by atoms with Gasteiger partial charge >= 0.3 is 0 Å². The lowest BCUT2D eigenvalue weighted by atomic mass is 10.0. The van der Waals surface area contributed by atoms with Crippen molar-refractivity contribution in [3.63, 3.8) is 0 Å². The smallest absolute Gasteiger partial charge is 0.248 e. The number of halogens is 1. The van der Waals surface area contributed by atoms with Gasteiger partial charge in [0.2, 0.25) is 5.56 Å². The van der Waals surface area contributed by atoms with E-state index in [-0.39, 0.29) is 16.7 Å². The Bertz CT molecular complexity index is 718.